The number of para-hydroxylation sites is 1. The third-order valence-corrected chi connectivity index (χ3v) is 3.40. The van der Waals surface area contributed by atoms with E-state index in [1.165, 1.54) is 0 Å². The lowest BCUT2D eigenvalue weighted by Crippen LogP contribution is -2.40. The van der Waals surface area contributed by atoms with Crippen LogP contribution in [0.15, 0.2) is 18.2 Å². The molecule has 18 heavy (non-hydrogen) atoms. The number of carbonyl (C=O) groups is 1. The lowest BCUT2D eigenvalue weighted by atomic mass is 9.92. The summed E-state index contributed by atoms with van der Waals surface area (Å²) in [6.07, 6.45) is 1.82. The van der Waals surface area contributed by atoms with Crippen LogP contribution in [-0.2, 0) is 4.74 Å². The molecule has 5 N–H and O–H groups in total. The molecule has 5 heteroatoms. The minimum Gasteiger partial charge on any atom is -0.396 e. The average Bonchev–Trinajstić information content (AvgIpc) is 2.32. The number of nitrogens with two attached hydrogens (primary N) is 2. The van der Waals surface area contributed by atoms with Gasteiger partial charge in [-0.05, 0) is 31.9 Å². The van der Waals surface area contributed by atoms with Crippen molar-refractivity contribution in [1.82, 2.24) is 0 Å². The molecule has 0 spiro atoms. The molecule has 2 rings (SSSR count). The van der Waals surface area contributed by atoms with Gasteiger partial charge in [-0.25, -0.2) is 0 Å². The van der Waals surface area contributed by atoms with E-state index < -0.39 is 5.91 Å². The summed E-state index contributed by atoms with van der Waals surface area (Å²) in [4.78, 5) is 11.2. The van der Waals surface area contributed by atoms with E-state index in [1.807, 2.05) is 6.07 Å². The van der Waals surface area contributed by atoms with E-state index in [2.05, 4.69) is 12.2 Å². The van der Waals surface area contributed by atoms with E-state index in [0.29, 0.717) is 11.3 Å². The molecule has 1 saturated heterocycles. The number of primary amides is 1. The molecule has 1 aromatic rings. The molecule has 0 aromatic heterocycles. The van der Waals surface area contributed by atoms with Gasteiger partial charge in [-0.2, -0.15) is 0 Å². The smallest absolute Gasteiger partial charge is 0.250 e. The highest BCUT2D eigenvalue weighted by atomic mass is 16.5. The van der Waals surface area contributed by atoms with E-state index in [9.17, 15) is 4.79 Å². The summed E-state index contributed by atoms with van der Waals surface area (Å²) in [5.41, 5.74) is 12.7. The largest absolute Gasteiger partial charge is 0.396 e. The zero-order valence-electron chi connectivity index (χ0n) is 10.5. The van der Waals surface area contributed by atoms with Crippen LogP contribution >= 0.6 is 0 Å². The fourth-order valence-electron chi connectivity index (χ4n) is 2.16. The minimum atomic E-state index is -0.506. The maximum atomic E-state index is 11.2. The number of nitrogen functional groups attached to an aromatic ring is 1. The van der Waals surface area contributed by atoms with Crippen molar-refractivity contribution in [3.8, 4) is 0 Å². The van der Waals surface area contributed by atoms with Crippen LogP contribution in [0.25, 0.3) is 0 Å². The monoisotopic (exact) mass is 249 g/mol. The SMILES string of the molecule is CC1(Nc2cccc(C(N)=O)c2N)CCOCC1. The lowest BCUT2D eigenvalue weighted by molar-refractivity contribution is 0.0658. The van der Waals surface area contributed by atoms with Gasteiger partial charge in [0.15, 0.2) is 0 Å². The number of rotatable bonds is 3. The second-order valence-electron chi connectivity index (χ2n) is 4.93. The number of hydrogen-bond acceptors (Lipinski definition) is 4. The summed E-state index contributed by atoms with van der Waals surface area (Å²) in [5.74, 6) is -0.506. The molecule has 98 valence electrons. The number of hydrogen-bond donors (Lipinski definition) is 3. The normalized spacial score (nSPS) is 18.3. The van der Waals surface area contributed by atoms with Crippen LogP contribution in [0.1, 0.15) is 30.1 Å². The Kier molecular flexibility index (Phi) is 3.43. The molecule has 0 aliphatic carbocycles. The first kappa shape index (κ1) is 12.7. The highest BCUT2D eigenvalue weighted by Crippen LogP contribution is 2.30. The van der Waals surface area contributed by atoms with Crippen molar-refractivity contribution in [1.29, 1.82) is 0 Å². The molecular weight excluding hydrogens is 230 g/mol. The van der Waals surface area contributed by atoms with Gasteiger partial charge in [-0.3, -0.25) is 4.79 Å². The van der Waals surface area contributed by atoms with Crippen LogP contribution in [0, 0.1) is 0 Å². The quantitative estimate of drug-likeness (QED) is 0.705. The second-order valence-corrected chi connectivity index (χ2v) is 4.93. The van der Waals surface area contributed by atoms with Crippen LogP contribution in [0.5, 0.6) is 0 Å². The minimum absolute atomic E-state index is 0.0529. The molecule has 1 aromatic carbocycles. The summed E-state index contributed by atoms with van der Waals surface area (Å²) in [6.45, 7) is 3.60. The number of anilines is 2. The zero-order chi connectivity index (χ0) is 13.2. The first-order valence-electron chi connectivity index (χ1n) is 6.06. The Bertz CT molecular complexity index is 454. The lowest BCUT2D eigenvalue weighted by Gasteiger charge is -2.36. The van der Waals surface area contributed by atoms with Gasteiger partial charge < -0.3 is 21.5 Å². The molecule has 1 fully saturated rings. The molecule has 1 amide bonds. The van der Waals surface area contributed by atoms with Gasteiger partial charge in [-0.15, -0.1) is 0 Å². The van der Waals surface area contributed by atoms with Gasteiger partial charge in [0.05, 0.1) is 16.9 Å². The second kappa shape index (κ2) is 4.86. The van der Waals surface area contributed by atoms with Crippen LogP contribution in [-0.4, -0.2) is 24.7 Å². The Hall–Kier alpha value is -1.75. The van der Waals surface area contributed by atoms with E-state index in [-0.39, 0.29) is 5.54 Å². The van der Waals surface area contributed by atoms with E-state index >= 15 is 0 Å². The molecule has 0 radical (unpaired) electrons. The Morgan fingerprint density at radius 2 is 2.06 bits per heavy atom. The van der Waals surface area contributed by atoms with Crippen molar-refractivity contribution in [2.24, 2.45) is 5.73 Å². The van der Waals surface area contributed by atoms with Crippen molar-refractivity contribution in [2.75, 3.05) is 24.3 Å². The first-order chi connectivity index (χ1) is 8.52. The van der Waals surface area contributed by atoms with Crippen LogP contribution in [0.2, 0.25) is 0 Å². The highest BCUT2D eigenvalue weighted by Gasteiger charge is 2.27. The van der Waals surface area contributed by atoms with Crippen molar-refractivity contribution >= 4 is 17.3 Å². The molecule has 1 heterocycles. The number of ether oxygens (including phenoxy) is 1. The molecule has 0 saturated carbocycles. The van der Waals surface area contributed by atoms with Crippen molar-refractivity contribution in [2.45, 2.75) is 25.3 Å². The first-order valence-corrected chi connectivity index (χ1v) is 6.06. The van der Waals surface area contributed by atoms with Crippen LogP contribution in [0.3, 0.4) is 0 Å². The Morgan fingerprint density at radius 1 is 1.39 bits per heavy atom. The number of benzene rings is 1. The zero-order valence-corrected chi connectivity index (χ0v) is 10.5. The molecule has 1 aliphatic heterocycles. The molecular formula is C13H19N3O2. The van der Waals surface area contributed by atoms with Gasteiger partial charge in [0, 0.05) is 18.8 Å². The van der Waals surface area contributed by atoms with Gasteiger partial charge in [0.2, 0.25) is 0 Å². The van der Waals surface area contributed by atoms with E-state index in [0.717, 1.165) is 31.7 Å². The van der Waals surface area contributed by atoms with Gasteiger partial charge in [0.1, 0.15) is 0 Å². The Balaban J connectivity index is 2.23. The Labute approximate surface area is 106 Å². The molecule has 0 atom stereocenters. The molecule has 5 nitrogen and oxygen atoms in total. The molecule has 0 bridgehead atoms. The summed E-state index contributed by atoms with van der Waals surface area (Å²) in [6, 6.07) is 5.28. The van der Waals surface area contributed by atoms with E-state index in [1.54, 1.807) is 12.1 Å². The van der Waals surface area contributed by atoms with E-state index in [4.69, 9.17) is 16.2 Å². The fraction of sp³-hybridized carbons (Fsp3) is 0.462. The van der Waals surface area contributed by atoms with Crippen molar-refractivity contribution < 1.29 is 9.53 Å². The maximum absolute atomic E-state index is 11.2. The maximum Gasteiger partial charge on any atom is 0.250 e. The Morgan fingerprint density at radius 3 is 2.67 bits per heavy atom. The van der Waals surface area contributed by atoms with Gasteiger partial charge >= 0.3 is 0 Å². The summed E-state index contributed by atoms with van der Waals surface area (Å²) < 4.78 is 5.35. The molecule has 0 unspecified atom stereocenters. The van der Waals surface area contributed by atoms with Crippen molar-refractivity contribution in [3.05, 3.63) is 23.8 Å². The topological polar surface area (TPSA) is 90.4 Å². The van der Waals surface area contributed by atoms with Gasteiger partial charge in [0.25, 0.3) is 5.91 Å². The number of amides is 1. The average molecular weight is 249 g/mol. The van der Waals surface area contributed by atoms with Gasteiger partial charge in [-0.1, -0.05) is 6.07 Å². The third kappa shape index (κ3) is 2.56. The van der Waals surface area contributed by atoms with Crippen LogP contribution in [0.4, 0.5) is 11.4 Å². The predicted molar refractivity (Wildman–Crippen MR) is 71.5 cm³/mol. The standard InChI is InChI=1S/C13H19N3O2/c1-13(5-7-18-8-6-13)16-10-4-2-3-9(11(10)14)12(15)17/h2-4,16H,5-8,14H2,1H3,(H2,15,17). The summed E-state index contributed by atoms with van der Waals surface area (Å²) in [5, 5.41) is 3.41. The predicted octanol–water partition coefficient (Wildman–Crippen LogP) is 1.35. The van der Waals surface area contributed by atoms with Crippen LogP contribution < -0.4 is 16.8 Å². The van der Waals surface area contributed by atoms with Crippen molar-refractivity contribution in [3.63, 3.8) is 0 Å². The summed E-state index contributed by atoms with van der Waals surface area (Å²) >= 11 is 0. The number of carbonyl (C=O) groups excluding carboxylic acids is 1. The summed E-state index contributed by atoms with van der Waals surface area (Å²) in [7, 11) is 0. The fourth-order valence-corrected chi connectivity index (χ4v) is 2.16. The third-order valence-electron chi connectivity index (χ3n) is 3.40. The number of nitrogens with one attached hydrogen (secondary N) is 1. The highest BCUT2D eigenvalue weighted by molar-refractivity contribution is 6.00. The molecule has 1 aliphatic rings.